The van der Waals surface area contributed by atoms with Gasteiger partial charge >= 0.3 is 0 Å². The lowest BCUT2D eigenvalue weighted by Crippen LogP contribution is -2.27. The molecule has 120 valence electrons. The van der Waals surface area contributed by atoms with E-state index in [9.17, 15) is 0 Å². The van der Waals surface area contributed by atoms with Crippen LogP contribution in [0.25, 0.3) is 0 Å². The number of nitrogens with one attached hydrogen (secondary N) is 1. The molecule has 0 heterocycles. The van der Waals surface area contributed by atoms with Crippen molar-refractivity contribution in [3.05, 3.63) is 0 Å². The van der Waals surface area contributed by atoms with Gasteiger partial charge in [-0.25, -0.2) is 0 Å². The summed E-state index contributed by atoms with van der Waals surface area (Å²) in [6.45, 7) is 7.75. The molecule has 0 amide bonds. The van der Waals surface area contributed by atoms with Crippen molar-refractivity contribution in [2.75, 3.05) is 26.8 Å². The van der Waals surface area contributed by atoms with Crippen LogP contribution in [0.1, 0.15) is 65.2 Å². The van der Waals surface area contributed by atoms with Crippen molar-refractivity contribution < 1.29 is 9.47 Å². The third-order valence-corrected chi connectivity index (χ3v) is 4.07. The maximum atomic E-state index is 5.98. The van der Waals surface area contributed by atoms with E-state index in [1.807, 2.05) is 7.11 Å². The Morgan fingerprint density at radius 2 is 1.80 bits per heavy atom. The zero-order chi connectivity index (χ0) is 14.6. The molecule has 0 aromatic heterocycles. The number of ether oxygens (including phenoxy) is 2. The molecule has 0 radical (unpaired) electrons. The van der Waals surface area contributed by atoms with Gasteiger partial charge in [-0.2, -0.15) is 0 Å². The van der Waals surface area contributed by atoms with Gasteiger partial charge in [0.2, 0.25) is 0 Å². The Hall–Kier alpha value is -0.120. The molecule has 3 nitrogen and oxygen atoms in total. The summed E-state index contributed by atoms with van der Waals surface area (Å²) < 4.78 is 11.4. The number of rotatable bonds is 11. The highest BCUT2D eigenvalue weighted by molar-refractivity contribution is 4.73. The lowest BCUT2D eigenvalue weighted by Gasteiger charge is -2.28. The zero-order valence-corrected chi connectivity index (χ0v) is 13.8. The normalized spacial score (nSPS) is 23.4. The van der Waals surface area contributed by atoms with Crippen molar-refractivity contribution >= 4 is 0 Å². The second-order valence-corrected chi connectivity index (χ2v) is 6.53. The Balaban J connectivity index is 1.85. The maximum Gasteiger partial charge on any atom is 0.0599 e. The molecule has 1 N–H and O–H groups in total. The van der Waals surface area contributed by atoms with Crippen LogP contribution in [-0.2, 0) is 9.47 Å². The molecule has 1 rings (SSSR count). The molecular weight excluding hydrogens is 250 g/mol. The molecule has 3 heteroatoms. The van der Waals surface area contributed by atoms with Gasteiger partial charge < -0.3 is 14.8 Å². The van der Waals surface area contributed by atoms with Crippen LogP contribution in [-0.4, -0.2) is 39.0 Å². The average Bonchev–Trinajstić information content (AvgIpc) is 2.45. The van der Waals surface area contributed by atoms with E-state index >= 15 is 0 Å². The molecule has 20 heavy (non-hydrogen) atoms. The van der Waals surface area contributed by atoms with E-state index in [4.69, 9.17) is 9.47 Å². The third-order valence-electron chi connectivity index (χ3n) is 4.07. The number of hydrogen-bond donors (Lipinski definition) is 1. The fourth-order valence-corrected chi connectivity index (χ4v) is 2.81. The smallest absolute Gasteiger partial charge is 0.0599 e. The molecule has 1 saturated carbocycles. The molecule has 0 spiro atoms. The van der Waals surface area contributed by atoms with Crippen molar-refractivity contribution in [1.29, 1.82) is 0 Å². The average molecular weight is 285 g/mol. The highest BCUT2D eigenvalue weighted by Gasteiger charge is 2.21. The van der Waals surface area contributed by atoms with Crippen LogP contribution in [0.2, 0.25) is 0 Å². The summed E-state index contributed by atoms with van der Waals surface area (Å²) in [4.78, 5) is 0. The van der Waals surface area contributed by atoms with Crippen LogP contribution < -0.4 is 5.32 Å². The molecule has 0 aliphatic heterocycles. The van der Waals surface area contributed by atoms with Crippen LogP contribution >= 0.6 is 0 Å². The Morgan fingerprint density at radius 3 is 2.55 bits per heavy atom. The van der Waals surface area contributed by atoms with E-state index < -0.39 is 0 Å². The summed E-state index contributed by atoms with van der Waals surface area (Å²) >= 11 is 0. The molecule has 0 aromatic carbocycles. The monoisotopic (exact) mass is 285 g/mol. The molecule has 1 aliphatic carbocycles. The van der Waals surface area contributed by atoms with Gasteiger partial charge in [-0.05, 0) is 57.5 Å². The van der Waals surface area contributed by atoms with E-state index in [2.05, 4.69) is 19.2 Å². The fraction of sp³-hybridized carbons (Fsp3) is 1.00. The van der Waals surface area contributed by atoms with E-state index in [1.54, 1.807) is 0 Å². The van der Waals surface area contributed by atoms with E-state index in [0.29, 0.717) is 12.2 Å². The Kier molecular flexibility index (Phi) is 10.3. The molecular formula is C17H35NO2. The molecule has 2 atom stereocenters. The molecule has 2 unspecified atom stereocenters. The van der Waals surface area contributed by atoms with Gasteiger partial charge in [-0.3, -0.25) is 0 Å². The second-order valence-electron chi connectivity index (χ2n) is 6.53. The van der Waals surface area contributed by atoms with Crippen molar-refractivity contribution in [3.63, 3.8) is 0 Å². The standard InChI is InChI=1S/C17H35NO2/c1-15(2)14-18-11-6-4-5-7-12-20-17-10-8-9-16(13-17)19-3/h15-18H,4-14H2,1-3H3. The molecule has 1 aliphatic rings. The van der Waals surface area contributed by atoms with Gasteiger partial charge in [0, 0.05) is 13.7 Å². The van der Waals surface area contributed by atoms with Gasteiger partial charge in [-0.15, -0.1) is 0 Å². The van der Waals surface area contributed by atoms with E-state index in [-0.39, 0.29) is 0 Å². The maximum absolute atomic E-state index is 5.98. The Bertz CT molecular complexity index is 221. The van der Waals surface area contributed by atoms with E-state index in [1.165, 1.54) is 44.9 Å². The van der Waals surface area contributed by atoms with Gasteiger partial charge in [0.05, 0.1) is 12.2 Å². The van der Waals surface area contributed by atoms with Crippen molar-refractivity contribution in [2.24, 2.45) is 5.92 Å². The minimum atomic E-state index is 0.431. The van der Waals surface area contributed by atoms with Crippen molar-refractivity contribution in [1.82, 2.24) is 5.32 Å². The summed E-state index contributed by atoms with van der Waals surface area (Å²) in [6, 6.07) is 0. The second kappa shape index (κ2) is 11.5. The SMILES string of the molecule is COC1CCCC(OCCCCCCNCC(C)C)C1. The fourth-order valence-electron chi connectivity index (χ4n) is 2.81. The molecule has 0 aromatic rings. The van der Waals surface area contributed by atoms with Crippen LogP contribution in [0, 0.1) is 5.92 Å². The summed E-state index contributed by atoms with van der Waals surface area (Å²) in [6.07, 6.45) is 10.8. The van der Waals surface area contributed by atoms with Crippen LogP contribution in [0.3, 0.4) is 0 Å². The lowest BCUT2D eigenvalue weighted by atomic mass is 9.95. The zero-order valence-electron chi connectivity index (χ0n) is 13.8. The van der Waals surface area contributed by atoms with Gasteiger partial charge in [-0.1, -0.05) is 26.7 Å². The first kappa shape index (κ1) is 17.9. The molecule has 0 saturated heterocycles. The summed E-state index contributed by atoms with van der Waals surface area (Å²) in [5.74, 6) is 0.759. The number of unbranched alkanes of at least 4 members (excludes halogenated alkanes) is 3. The molecule has 1 fully saturated rings. The quantitative estimate of drug-likeness (QED) is 0.586. The first-order valence-electron chi connectivity index (χ1n) is 8.57. The topological polar surface area (TPSA) is 30.5 Å². The highest BCUT2D eigenvalue weighted by Crippen LogP contribution is 2.23. The van der Waals surface area contributed by atoms with Gasteiger partial charge in [0.15, 0.2) is 0 Å². The Labute approximate surface area is 125 Å². The highest BCUT2D eigenvalue weighted by atomic mass is 16.5. The van der Waals surface area contributed by atoms with Crippen LogP contribution in [0.15, 0.2) is 0 Å². The van der Waals surface area contributed by atoms with Crippen molar-refractivity contribution in [2.45, 2.75) is 77.4 Å². The minimum Gasteiger partial charge on any atom is -0.381 e. The Morgan fingerprint density at radius 1 is 1.05 bits per heavy atom. The molecule has 0 bridgehead atoms. The van der Waals surface area contributed by atoms with Crippen molar-refractivity contribution in [3.8, 4) is 0 Å². The summed E-state index contributed by atoms with van der Waals surface area (Å²) in [5.41, 5.74) is 0. The van der Waals surface area contributed by atoms with Crippen LogP contribution in [0.5, 0.6) is 0 Å². The van der Waals surface area contributed by atoms with Gasteiger partial charge in [0.1, 0.15) is 0 Å². The lowest BCUT2D eigenvalue weighted by molar-refractivity contribution is -0.0303. The van der Waals surface area contributed by atoms with Crippen LogP contribution in [0.4, 0.5) is 0 Å². The van der Waals surface area contributed by atoms with E-state index in [0.717, 1.165) is 32.0 Å². The first-order chi connectivity index (χ1) is 9.72. The summed E-state index contributed by atoms with van der Waals surface area (Å²) in [5, 5.41) is 3.49. The first-order valence-corrected chi connectivity index (χ1v) is 8.57. The van der Waals surface area contributed by atoms with Gasteiger partial charge in [0.25, 0.3) is 0 Å². The third kappa shape index (κ3) is 8.93. The number of methoxy groups -OCH3 is 1. The minimum absolute atomic E-state index is 0.431. The number of hydrogen-bond acceptors (Lipinski definition) is 3. The predicted octanol–water partition coefficient (Wildman–Crippen LogP) is 3.77. The summed E-state index contributed by atoms with van der Waals surface area (Å²) in [7, 11) is 1.82. The predicted molar refractivity (Wildman–Crippen MR) is 85.2 cm³/mol. The largest absolute Gasteiger partial charge is 0.381 e.